The van der Waals surface area contributed by atoms with Gasteiger partial charge in [-0.3, -0.25) is 9.59 Å². The van der Waals surface area contributed by atoms with Gasteiger partial charge < -0.3 is 15.4 Å². The number of rotatable bonds is 7. The third-order valence-corrected chi connectivity index (χ3v) is 5.47. The van der Waals surface area contributed by atoms with E-state index in [2.05, 4.69) is 10.6 Å². The maximum absolute atomic E-state index is 13.4. The van der Waals surface area contributed by atoms with Gasteiger partial charge >= 0.3 is 0 Å². The molecule has 0 aromatic heterocycles. The number of para-hydroxylation sites is 1. The number of hydrogen-bond donors (Lipinski definition) is 2. The van der Waals surface area contributed by atoms with Crippen molar-refractivity contribution < 1.29 is 14.3 Å². The number of hydrogen-bond acceptors (Lipinski definition) is 3. The first kappa shape index (κ1) is 20.8. The zero-order valence-corrected chi connectivity index (χ0v) is 17.3. The molecule has 5 nitrogen and oxygen atoms in total. The molecule has 4 rings (SSSR count). The van der Waals surface area contributed by atoms with Crippen molar-refractivity contribution in [3.8, 4) is 0 Å². The maximum atomic E-state index is 13.4. The van der Waals surface area contributed by atoms with Gasteiger partial charge in [0.05, 0.1) is 23.3 Å². The first-order valence-corrected chi connectivity index (χ1v) is 10.6. The first-order valence-electron chi connectivity index (χ1n) is 10.6. The molecule has 158 valence electrons. The van der Waals surface area contributed by atoms with Crippen LogP contribution in [0.5, 0.6) is 0 Å². The van der Waals surface area contributed by atoms with E-state index < -0.39 is 5.92 Å². The fraction of sp³-hybridized carbons (Fsp3) is 0.231. The molecule has 1 atom stereocenters. The van der Waals surface area contributed by atoms with Crippen LogP contribution in [0.25, 0.3) is 0 Å². The lowest BCUT2D eigenvalue weighted by atomic mass is 9.90. The van der Waals surface area contributed by atoms with Gasteiger partial charge in [-0.15, -0.1) is 0 Å². The summed E-state index contributed by atoms with van der Waals surface area (Å²) in [7, 11) is 0. The van der Waals surface area contributed by atoms with Crippen molar-refractivity contribution in [3.63, 3.8) is 0 Å². The Morgan fingerprint density at radius 3 is 2.10 bits per heavy atom. The summed E-state index contributed by atoms with van der Waals surface area (Å²) in [6.45, 7) is 1.21. The van der Waals surface area contributed by atoms with Gasteiger partial charge in [0, 0.05) is 13.2 Å². The van der Waals surface area contributed by atoms with Crippen LogP contribution in [0.2, 0.25) is 0 Å². The predicted octanol–water partition coefficient (Wildman–Crippen LogP) is 4.37. The SMILES string of the molecule is O=C(NC[C@H]1CCCO1)c1ccccc1NC(=O)C(c1ccccc1)c1ccccc1. The molecule has 0 spiro atoms. The van der Waals surface area contributed by atoms with Gasteiger partial charge in [-0.05, 0) is 36.1 Å². The molecule has 1 aliphatic rings. The Labute approximate surface area is 182 Å². The van der Waals surface area contributed by atoms with Crippen molar-refractivity contribution in [1.29, 1.82) is 0 Å². The molecule has 2 amide bonds. The summed E-state index contributed by atoms with van der Waals surface area (Å²) < 4.78 is 5.58. The Morgan fingerprint density at radius 2 is 1.48 bits per heavy atom. The van der Waals surface area contributed by atoms with Crippen LogP contribution < -0.4 is 10.6 Å². The number of amides is 2. The van der Waals surface area contributed by atoms with E-state index in [0.717, 1.165) is 30.6 Å². The molecule has 2 N–H and O–H groups in total. The molecular weight excluding hydrogens is 388 g/mol. The Hall–Kier alpha value is -3.44. The molecule has 0 radical (unpaired) electrons. The smallest absolute Gasteiger partial charge is 0.253 e. The maximum Gasteiger partial charge on any atom is 0.253 e. The molecule has 0 bridgehead atoms. The van der Waals surface area contributed by atoms with Crippen molar-refractivity contribution in [1.82, 2.24) is 5.32 Å². The van der Waals surface area contributed by atoms with Crippen LogP contribution in [-0.2, 0) is 9.53 Å². The fourth-order valence-corrected chi connectivity index (χ4v) is 3.89. The fourth-order valence-electron chi connectivity index (χ4n) is 3.89. The average Bonchev–Trinajstić information content (AvgIpc) is 3.33. The van der Waals surface area contributed by atoms with E-state index in [4.69, 9.17) is 4.74 Å². The lowest BCUT2D eigenvalue weighted by Gasteiger charge is -2.19. The molecular formula is C26H26N2O3. The molecule has 31 heavy (non-hydrogen) atoms. The highest BCUT2D eigenvalue weighted by atomic mass is 16.5. The number of carbonyl (C=O) groups excluding carboxylic acids is 2. The normalized spacial score (nSPS) is 15.6. The largest absolute Gasteiger partial charge is 0.376 e. The second-order valence-corrected chi connectivity index (χ2v) is 7.63. The number of carbonyl (C=O) groups is 2. The number of ether oxygens (including phenoxy) is 1. The molecule has 5 heteroatoms. The van der Waals surface area contributed by atoms with Crippen molar-refractivity contribution >= 4 is 17.5 Å². The van der Waals surface area contributed by atoms with Crippen LogP contribution >= 0.6 is 0 Å². The molecule has 1 saturated heterocycles. The average molecular weight is 415 g/mol. The molecule has 1 heterocycles. The van der Waals surface area contributed by atoms with E-state index >= 15 is 0 Å². The lowest BCUT2D eigenvalue weighted by Crippen LogP contribution is -2.32. The van der Waals surface area contributed by atoms with Gasteiger partial charge in [0.15, 0.2) is 0 Å². The molecule has 1 aliphatic heterocycles. The minimum Gasteiger partial charge on any atom is -0.376 e. The van der Waals surface area contributed by atoms with E-state index in [9.17, 15) is 9.59 Å². The standard InChI is InChI=1S/C26H26N2O3/c29-25(27-18-21-14-9-17-31-21)22-15-7-8-16-23(22)28-26(30)24(19-10-3-1-4-11-19)20-12-5-2-6-13-20/h1-8,10-13,15-16,21,24H,9,14,17-18H2,(H,27,29)(H,28,30)/t21-/m1/s1. The summed E-state index contributed by atoms with van der Waals surface area (Å²) in [5.41, 5.74) is 2.72. The van der Waals surface area contributed by atoms with E-state index in [-0.39, 0.29) is 17.9 Å². The monoisotopic (exact) mass is 414 g/mol. The Morgan fingerprint density at radius 1 is 0.871 bits per heavy atom. The van der Waals surface area contributed by atoms with Crippen LogP contribution in [0, 0.1) is 0 Å². The van der Waals surface area contributed by atoms with Crippen LogP contribution in [0.4, 0.5) is 5.69 Å². The van der Waals surface area contributed by atoms with Crippen LogP contribution in [0.15, 0.2) is 84.9 Å². The summed E-state index contributed by atoms with van der Waals surface area (Å²) in [6, 6.07) is 26.4. The number of nitrogens with one attached hydrogen (secondary N) is 2. The molecule has 0 saturated carbocycles. The number of anilines is 1. The van der Waals surface area contributed by atoms with Gasteiger partial charge in [0.1, 0.15) is 0 Å². The molecule has 3 aromatic rings. The van der Waals surface area contributed by atoms with Gasteiger partial charge in [0.2, 0.25) is 5.91 Å². The van der Waals surface area contributed by atoms with Crippen LogP contribution in [0.1, 0.15) is 40.2 Å². The summed E-state index contributed by atoms with van der Waals surface area (Å²) in [5, 5.41) is 5.92. The molecule has 3 aromatic carbocycles. The number of benzene rings is 3. The van der Waals surface area contributed by atoms with E-state index in [1.54, 1.807) is 18.2 Å². The van der Waals surface area contributed by atoms with Crippen molar-refractivity contribution in [2.24, 2.45) is 0 Å². The quantitative estimate of drug-likeness (QED) is 0.603. The molecule has 0 unspecified atom stereocenters. The zero-order chi connectivity index (χ0) is 21.5. The molecule has 0 aliphatic carbocycles. The second kappa shape index (κ2) is 10.0. The van der Waals surface area contributed by atoms with Gasteiger partial charge in [-0.2, -0.15) is 0 Å². The van der Waals surface area contributed by atoms with Crippen molar-refractivity contribution in [2.45, 2.75) is 24.9 Å². The summed E-state index contributed by atoms with van der Waals surface area (Å²) >= 11 is 0. The third-order valence-electron chi connectivity index (χ3n) is 5.47. The van der Waals surface area contributed by atoms with Crippen molar-refractivity contribution in [2.75, 3.05) is 18.5 Å². The van der Waals surface area contributed by atoms with Crippen LogP contribution in [-0.4, -0.2) is 31.1 Å². The van der Waals surface area contributed by atoms with Gasteiger partial charge in [0.25, 0.3) is 5.91 Å². The highest BCUT2D eigenvalue weighted by molar-refractivity contribution is 6.05. The Kier molecular flexibility index (Phi) is 6.75. The summed E-state index contributed by atoms with van der Waals surface area (Å²) in [6.07, 6.45) is 2.04. The summed E-state index contributed by atoms with van der Waals surface area (Å²) in [5.74, 6) is -0.885. The Balaban J connectivity index is 1.54. The Bertz CT molecular complexity index is 976. The van der Waals surface area contributed by atoms with Gasteiger partial charge in [-0.25, -0.2) is 0 Å². The van der Waals surface area contributed by atoms with Crippen molar-refractivity contribution in [3.05, 3.63) is 102 Å². The third kappa shape index (κ3) is 5.19. The highest BCUT2D eigenvalue weighted by Gasteiger charge is 2.24. The van der Waals surface area contributed by atoms with E-state index in [1.165, 1.54) is 0 Å². The highest BCUT2D eigenvalue weighted by Crippen LogP contribution is 2.27. The minimum absolute atomic E-state index is 0.0613. The predicted molar refractivity (Wildman–Crippen MR) is 121 cm³/mol. The van der Waals surface area contributed by atoms with E-state index in [0.29, 0.717) is 17.8 Å². The minimum atomic E-state index is -0.481. The summed E-state index contributed by atoms with van der Waals surface area (Å²) in [4.78, 5) is 26.2. The van der Waals surface area contributed by atoms with Crippen LogP contribution in [0.3, 0.4) is 0 Å². The lowest BCUT2D eigenvalue weighted by molar-refractivity contribution is -0.116. The topological polar surface area (TPSA) is 67.4 Å². The second-order valence-electron chi connectivity index (χ2n) is 7.63. The molecule has 1 fully saturated rings. The first-order chi connectivity index (χ1) is 15.2. The van der Waals surface area contributed by atoms with Gasteiger partial charge in [-0.1, -0.05) is 72.8 Å². The zero-order valence-electron chi connectivity index (χ0n) is 17.3. The van der Waals surface area contributed by atoms with E-state index in [1.807, 2.05) is 66.7 Å².